The molecule has 4 aromatic rings. The van der Waals surface area contributed by atoms with Crippen molar-refractivity contribution in [3.8, 4) is 0 Å². The molecule has 0 fully saturated rings. The quantitative estimate of drug-likeness (QED) is 0.140. The highest BCUT2D eigenvalue weighted by Crippen LogP contribution is 2.36. The van der Waals surface area contributed by atoms with Gasteiger partial charge in [0.25, 0.3) is 5.91 Å². The van der Waals surface area contributed by atoms with E-state index in [0.717, 1.165) is 16.7 Å². The number of hydrogen-bond acceptors (Lipinski definition) is 6. The monoisotopic (exact) mass is 624 g/mol. The minimum Gasteiger partial charge on any atom is -0.465 e. The lowest BCUT2D eigenvalue weighted by Gasteiger charge is -2.21. The Balaban J connectivity index is 1.47. The molecule has 1 aliphatic heterocycles. The van der Waals surface area contributed by atoms with Crippen molar-refractivity contribution < 1.29 is 27.2 Å². The lowest BCUT2D eigenvalue weighted by atomic mass is 10.0. The largest absolute Gasteiger partial charge is 0.465 e. The molecule has 232 valence electrons. The molecule has 0 atom stereocenters. The third-order valence-corrected chi connectivity index (χ3v) is 9.58. The summed E-state index contributed by atoms with van der Waals surface area (Å²) in [6, 6.07) is 27.0. The van der Waals surface area contributed by atoms with E-state index >= 15 is 0 Å². The van der Waals surface area contributed by atoms with E-state index in [1.54, 1.807) is 43.3 Å². The Bertz CT molecular complexity index is 1870. The number of nitrogens with zero attached hydrogens (tertiary/aromatic N) is 2. The second kappa shape index (κ2) is 13.1. The number of allylic oxidation sites excluding steroid dienone is 1. The molecule has 0 aliphatic carbocycles. The summed E-state index contributed by atoms with van der Waals surface area (Å²) in [5.74, 6) is -0.0313. The Hall–Kier alpha value is -4.73. The van der Waals surface area contributed by atoms with Crippen molar-refractivity contribution in [1.82, 2.24) is 4.31 Å². The van der Waals surface area contributed by atoms with Gasteiger partial charge in [0, 0.05) is 17.9 Å². The van der Waals surface area contributed by atoms with Crippen molar-refractivity contribution in [2.75, 3.05) is 12.0 Å². The maximum atomic E-state index is 13.8. The van der Waals surface area contributed by atoms with Crippen molar-refractivity contribution in [1.29, 1.82) is 0 Å². The molecule has 9 heteroatoms. The number of rotatable bonds is 10. The summed E-state index contributed by atoms with van der Waals surface area (Å²) in [6.45, 7) is 7.87. The minimum absolute atomic E-state index is 0.0464. The van der Waals surface area contributed by atoms with Gasteiger partial charge in [-0.2, -0.15) is 4.31 Å². The molecule has 1 amide bonds. The van der Waals surface area contributed by atoms with Crippen LogP contribution >= 0.6 is 0 Å². The number of aryl methyl sites for hydroxylation is 1. The average Bonchev–Trinajstić information content (AvgIpc) is 3.57. The number of amides is 1. The molecule has 0 radical (unpaired) electrons. The average molecular weight is 625 g/mol. The van der Waals surface area contributed by atoms with Crippen LogP contribution in [0.5, 0.6) is 0 Å². The van der Waals surface area contributed by atoms with Gasteiger partial charge < -0.3 is 9.15 Å². The summed E-state index contributed by atoms with van der Waals surface area (Å²) in [6.07, 6.45) is 1.50. The summed E-state index contributed by atoms with van der Waals surface area (Å²) < 4.78 is 40.0. The van der Waals surface area contributed by atoms with Crippen LogP contribution in [0.25, 0.3) is 6.08 Å². The molecule has 1 aliphatic rings. The van der Waals surface area contributed by atoms with E-state index in [-0.39, 0.29) is 29.1 Å². The van der Waals surface area contributed by atoms with Crippen LogP contribution in [0, 0.1) is 6.92 Å². The molecule has 0 N–H and O–H groups in total. The van der Waals surface area contributed by atoms with Gasteiger partial charge in [0.15, 0.2) is 0 Å². The van der Waals surface area contributed by atoms with Gasteiger partial charge in [-0.3, -0.25) is 9.69 Å². The van der Waals surface area contributed by atoms with E-state index in [0.29, 0.717) is 28.8 Å². The molecular formula is C36H36N2O6S. The second-order valence-corrected chi connectivity index (χ2v) is 13.2. The molecule has 45 heavy (non-hydrogen) atoms. The fourth-order valence-corrected chi connectivity index (χ4v) is 6.64. The zero-order valence-electron chi connectivity index (χ0n) is 26.0. The summed E-state index contributed by atoms with van der Waals surface area (Å²) in [4.78, 5) is 28.3. The molecule has 0 saturated carbocycles. The first-order chi connectivity index (χ1) is 21.5. The normalized spacial score (nSPS) is 14.7. The zero-order valence-corrected chi connectivity index (χ0v) is 26.8. The number of anilines is 1. The van der Waals surface area contributed by atoms with Gasteiger partial charge in [0.2, 0.25) is 10.0 Å². The van der Waals surface area contributed by atoms with Crippen LogP contribution in [-0.2, 0) is 37.4 Å². The summed E-state index contributed by atoms with van der Waals surface area (Å²) >= 11 is 0. The van der Waals surface area contributed by atoms with Crippen LogP contribution in [0.2, 0.25) is 0 Å². The Morgan fingerprint density at radius 2 is 1.58 bits per heavy atom. The predicted molar refractivity (Wildman–Crippen MR) is 173 cm³/mol. The van der Waals surface area contributed by atoms with Gasteiger partial charge in [-0.15, -0.1) is 0 Å². The van der Waals surface area contributed by atoms with Crippen LogP contribution in [0.15, 0.2) is 117 Å². The first-order valence-corrected chi connectivity index (χ1v) is 16.1. The Kier molecular flexibility index (Phi) is 9.22. The van der Waals surface area contributed by atoms with Gasteiger partial charge in [-0.1, -0.05) is 74.0 Å². The highest BCUT2D eigenvalue weighted by molar-refractivity contribution is 7.89. The Labute approximate surface area is 264 Å². The van der Waals surface area contributed by atoms with Crippen molar-refractivity contribution in [2.24, 2.45) is 0 Å². The maximum absolute atomic E-state index is 13.8. The Morgan fingerprint density at radius 1 is 0.911 bits per heavy atom. The third kappa shape index (κ3) is 6.69. The number of hydrogen-bond donors (Lipinski definition) is 0. The van der Waals surface area contributed by atoms with Gasteiger partial charge in [0.1, 0.15) is 11.5 Å². The SMILES string of the molecule is COC(=O)C1=C(C)N(c2ccc(C(C)C)cc2)C(=O)/C1=C/c1ccc(CN(Cc2ccccc2)S(=O)(=O)c2ccc(C)cc2)o1. The van der Waals surface area contributed by atoms with Crippen LogP contribution < -0.4 is 4.90 Å². The standard InChI is InChI=1S/C36H36N2O6S/c1-24(2)28-13-15-29(16-14-28)38-26(4)34(36(40)43-5)33(35(38)39)21-30-17-18-31(44-30)23-37(22-27-9-7-6-8-10-27)45(41,42)32-19-11-25(3)12-20-32/h6-21,24H,22-23H2,1-5H3/b33-21+. The topological polar surface area (TPSA) is 97.1 Å². The van der Waals surface area contributed by atoms with Crippen LogP contribution in [-0.4, -0.2) is 31.7 Å². The number of methoxy groups -OCH3 is 1. The highest BCUT2D eigenvalue weighted by Gasteiger charge is 2.38. The highest BCUT2D eigenvalue weighted by atomic mass is 32.2. The molecule has 5 rings (SSSR count). The second-order valence-electron chi connectivity index (χ2n) is 11.3. The van der Waals surface area contributed by atoms with E-state index < -0.39 is 21.9 Å². The molecule has 8 nitrogen and oxygen atoms in total. The lowest BCUT2D eigenvalue weighted by molar-refractivity contribution is -0.136. The first kappa shape index (κ1) is 31.7. The number of esters is 1. The molecule has 2 heterocycles. The van der Waals surface area contributed by atoms with E-state index in [9.17, 15) is 18.0 Å². The number of furan rings is 1. The number of carbonyl (C=O) groups excluding carboxylic acids is 2. The molecule has 1 aromatic heterocycles. The smallest absolute Gasteiger partial charge is 0.340 e. The van der Waals surface area contributed by atoms with Gasteiger partial charge >= 0.3 is 5.97 Å². The molecular weight excluding hydrogens is 588 g/mol. The van der Waals surface area contributed by atoms with E-state index in [2.05, 4.69) is 13.8 Å². The molecule has 0 bridgehead atoms. The van der Waals surface area contributed by atoms with E-state index in [1.165, 1.54) is 22.4 Å². The summed E-state index contributed by atoms with van der Waals surface area (Å²) in [5.41, 5.74) is 4.25. The fraction of sp³-hybridized carbons (Fsp3) is 0.222. The van der Waals surface area contributed by atoms with Crippen molar-refractivity contribution in [3.05, 3.63) is 136 Å². The summed E-state index contributed by atoms with van der Waals surface area (Å²) in [5, 5.41) is 0. The van der Waals surface area contributed by atoms with Crippen molar-refractivity contribution in [3.63, 3.8) is 0 Å². The summed E-state index contributed by atoms with van der Waals surface area (Å²) in [7, 11) is -2.62. The lowest BCUT2D eigenvalue weighted by Crippen LogP contribution is -2.30. The number of sulfonamides is 1. The maximum Gasteiger partial charge on any atom is 0.340 e. The number of benzene rings is 3. The predicted octanol–water partition coefficient (Wildman–Crippen LogP) is 6.98. The molecule has 0 unspecified atom stereocenters. The van der Waals surface area contributed by atoms with Crippen LogP contribution in [0.4, 0.5) is 5.69 Å². The van der Waals surface area contributed by atoms with Crippen LogP contribution in [0.1, 0.15) is 54.9 Å². The first-order valence-electron chi connectivity index (χ1n) is 14.6. The molecule has 0 spiro atoms. The van der Waals surface area contributed by atoms with Gasteiger partial charge in [-0.25, -0.2) is 13.2 Å². The molecule has 3 aromatic carbocycles. The van der Waals surface area contributed by atoms with Gasteiger partial charge in [0.05, 0.1) is 29.7 Å². The Morgan fingerprint density at radius 3 is 2.20 bits per heavy atom. The van der Waals surface area contributed by atoms with E-state index in [4.69, 9.17) is 9.15 Å². The minimum atomic E-state index is -3.88. The van der Waals surface area contributed by atoms with E-state index in [1.807, 2.05) is 61.5 Å². The third-order valence-electron chi connectivity index (χ3n) is 7.77. The number of carbonyl (C=O) groups is 2. The fourth-order valence-electron chi connectivity index (χ4n) is 5.24. The van der Waals surface area contributed by atoms with Gasteiger partial charge in [-0.05, 0) is 73.4 Å². The zero-order chi connectivity index (χ0) is 32.3. The van der Waals surface area contributed by atoms with Crippen molar-refractivity contribution in [2.45, 2.75) is 51.6 Å². The molecule has 0 saturated heterocycles. The van der Waals surface area contributed by atoms with Crippen molar-refractivity contribution >= 4 is 33.7 Å². The van der Waals surface area contributed by atoms with Crippen LogP contribution in [0.3, 0.4) is 0 Å². The number of ether oxygens (including phenoxy) is 1.